The molecule has 0 aromatic heterocycles. The second-order valence-electron chi connectivity index (χ2n) is 6.95. The molecule has 1 aliphatic heterocycles. The van der Waals surface area contributed by atoms with E-state index in [0.29, 0.717) is 32.4 Å². The van der Waals surface area contributed by atoms with Crippen LogP contribution in [0.15, 0.2) is 0 Å². The highest BCUT2D eigenvalue weighted by atomic mass is 16.5. The fourth-order valence-corrected chi connectivity index (χ4v) is 3.49. The first kappa shape index (κ1) is 18.7. The number of likely N-dealkylation sites (N-methyl/N-ethyl adjacent to an activating group) is 1. The molecule has 1 saturated carbocycles. The molecule has 0 unspecified atom stereocenters. The summed E-state index contributed by atoms with van der Waals surface area (Å²) in [5, 5.41) is 2.75. The molecular formula is C17H29N3O4. The van der Waals surface area contributed by atoms with Crippen molar-refractivity contribution >= 4 is 17.8 Å². The van der Waals surface area contributed by atoms with Crippen molar-refractivity contribution in [3.63, 3.8) is 0 Å². The molecule has 2 fully saturated rings. The van der Waals surface area contributed by atoms with E-state index < -0.39 is 5.54 Å². The first-order valence-corrected chi connectivity index (χ1v) is 8.86. The third kappa shape index (κ3) is 3.88. The van der Waals surface area contributed by atoms with Gasteiger partial charge < -0.3 is 15.0 Å². The second kappa shape index (κ2) is 7.96. The fourth-order valence-electron chi connectivity index (χ4n) is 3.49. The molecule has 4 amide bonds. The van der Waals surface area contributed by atoms with Crippen LogP contribution in [0.5, 0.6) is 0 Å². The maximum atomic E-state index is 12.8. The number of carbonyl (C=O) groups excluding carboxylic acids is 3. The summed E-state index contributed by atoms with van der Waals surface area (Å²) in [6.07, 6.45) is 5.24. The quantitative estimate of drug-likeness (QED) is 0.563. The highest BCUT2D eigenvalue weighted by molar-refractivity contribution is 6.08. The number of nitrogens with zero attached hydrogens (tertiary/aromatic N) is 2. The number of rotatable bonds is 7. The molecule has 0 bridgehead atoms. The lowest BCUT2D eigenvalue weighted by Gasteiger charge is -2.35. The highest BCUT2D eigenvalue weighted by Gasteiger charge is 2.55. The van der Waals surface area contributed by atoms with Gasteiger partial charge in [0.2, 0.25) is 5.91 Å². The largest absolute Gasteiger partial charge is 0.379 e. The number of nitrogens with one attached hydrogen (secondary N) is 1. The van der Waals surface area contributed by atoms with Gasteiger partial charge in [0.25, 0.3) is 5.91 Å². The third-order valence-corrected chi connectivity index (χ3v) is 4.88. The lowest BCUT2D eigenvalue weighted by Crippen LogP contribution is -2.49. The van der Waals surface area contributed by atoms with E-state index in [0.717, 1.165) is 24.2 Å². The molecule has 1 saturated heterocycles. The molecule has 0 radical (unpaired) electrons. The van der Waals surface area contributed by atoms with Crippen molar-refractivity contribution in [3.05, 3.63) is 0 Å². The lowest BCUT2D eigenvalue weighted by molar-refractivity contribution is -0.137. The van der Waals surface area contributed by atoms with E-state index in [-0.39, 0.29) is 30.5 Å². The number of carbonyl (C=O) groups is 3. The summed E-state index contributed by atoms with van der Waals surface area (Å²) in [6, 6.07) is -0.361. The summed E-state index contributed by atoms with van der Waals surface area (Å²) < 4.78 is 5.40. The summed E-state index contributed by atoms with van der Waals surface area (Å²) in [7, 11) is 1.67. The van der Waals surface area contributed by atoms with Crippen molar-refractivity contribution in [1.82, 2.24) is 15.1 Å². The molecule has 1 spiro atoms. The molecule has 0 aromatic carbocycles. The Morgan fingerprint density at radius 2 is 1.92 bits per heavy atom. The molecule has 2 aliphatic rings. The molecule has 7 nitrogen and oxygen atoms in total. The molecule has 0 aromatic rings. The van der Waals surface area contributed by atoms with E-state index in [4.69, 9.17) is 4.74 Å². The third-order valence-electron chi connectivity index (χ3n) is 4.88. The minimum Gasteiger partial charge on any atom is -0.379 e. The molecule has 1 N–H and O–H groups in total. The topological polar surface area (TPSA) is 79.0 Å². The zero-order chi connectivity index (χ0) is 17.7. The Morgan fingerprint density at radius 1 is 1.25 bits per heavy atom. The number of imide groups is 1. The van der Waals surface area contributed by atoms with Crippen LogP contribution >= 0.6 is 0 Å². The number of urea groups is 1. The van der Waals surface area contributed by atoms with Crippen LogP contribution in [0.25, 0.3) is 0 Å². The van der Waals surface area contributed by atoms with Crippen LogP contribution in [0.2, 0.25) is 0 Å². The number of ether oxygens (including phenoxy) is 1. The first-order valence-electron chi connectivity index (χ1n) is 8.86. The Morgan fingerprint density at radius 3 is 2.54 bits per heavy atom. The van der Waals surface area contributed by atoms with Gasteiger partial charge in [-0.25, -0.2) is 4.79 Å². The molecule has 2 rings (SSSR count). The summed E-state index contributed by atoms with van der Waals surface area (Å²) in [5.74, 6) is -0.518. The number of amides is 4. The first-order chi connectivity index (χ1) is 11.4. The summed E-state index contributed by atoms with van der Waals surface area (Å²) in [6.45, 7) is 4.77. The van der Waals surface area contributed by atoms with Crippen LogP contribution in [-0.4, -0.2) is 66.0 Å². The lowest BCUT2D eigenvalue weighted by atomic mass is 9.81. The molecule has 136 valence electrons. The molecular weight excluding hydrogens is 310 g/mol. The Hall–Kier alpha value is -1.63. The van der Waals surface area contributed by atoms with Gasteiger partial charge in [0, 0.05) is 20.2 Å². The highest BCUT2D eigenvalue weighted by Crippen LogP contribution is 2.39. The van der Waals surface area contributed by atoms with Gasteiger partial charge in [-0.1, -0.05) is 19.3 Å². The van der Waals surface area contributed by atoms with Gasteiger partial charge in [-0.2, -0.15) is 0 Å². The number of hydrogen-bond acceptors (Lipinski definition) is 4. The summed E-state index contributed by atoms with van der Waals surface area (Å²) in [4.78, 5) is 39.9. The van der Waals surface area contributed by atoms with E-state index >= 15 is 0 Å². The second-order valence-corrected chi connectivity index (χ2v) is 6.95. The van der Waals surface area contributed by atoms with Crippen molar-refractivity contribution in [1.29, 1.82) is 0 Å². The van der Waals surface area contributed by atoms with Crippen LogP contribution in [0.4, 0.5) is 4.79 Å². The van der Waals surface area contributed by atoms with Crippen molar-refractivity contribution in [3.8, 4) is 0 Å². The maximum absolute atomic E-state index is 12.8. The van der Waals surface area contributed by atoms with Crippen LogP contribution in [-0.2, 0) is 14.3 Å². The molecule has 24 heavy (non-hydrogen) atoms. The van der Waals surface area contributed by atoms with Gasteiger partial charge in [0.05, 0.1) is 6.10 Å². The van der Waals surface area contributed by atoms with E-state index in [1.54, 1.807) is 7.05 Å². The van der Waals surface area contributed by atoms with Crippen molar-refractivity contribution in [2.24, 2.45) is 0 Å². The normalized spacial score (nSPS) is 20.3. The Kier molecular flexibility index (Phi) is 6.21. The van der Waals surface area contributed by atoms with Crippen LogP contribution in [0.1, 0.15) is 52.4 Å². The average molecular weight is 339 g/mol. The van der Waals surface area contributed by atoms with Crippen molar-refractivity contribution < 1.29 is 19.1 Å². The smallest absolute Gasteiger partial charge is 0.327 e. The van der Waals surface area contributed by atoms with Gasteiger partial charge in [-0.3, -0.25) is 14.5 Å². The van der Waals surface area contributed by atoms with Crippen molar-refractivity contribution in [2.75, 3.05) is 26.7 Å². The monoisotopic (exact) mass is 339 g/mol. The SMILES string of the molecule is CC(C)OCCCNC(=O)CN1C(=O)N(C)C2(CCCCC2)C1=O. The Labute approximate surface area is 143 Å². The Balaban J connectivity index is 1.84. The van der Waals surface area contributed by atoms with E-state index in [1.165, 1.54) is 4.90 Å². The van der Waals surface area contributed by atoms with Crippen LogP contribution in [0, 0.1) is 0 Å². The molecule has 1 heterocycles. The van der Waals surface area contributed by atoms with Gasteiger partial charge in [0.15, 0.2) is 0 Å². The predicted molar refractivity (Wildman–Crippen MR) is 89.4 cm³/mol. The predicted octanol–water partition coefficient (Wildman–Crippen LogP) is 1.51. The van der Waals surface area contributed by atoms with E-state index in [9.17, 15) is 14.4 Å². The summed E-state index contributed by atoms with van der Waals surface area (Å²) >= 11 is 0. The number of hydrogen-bond donors (Lipinski definition) is 1. The molecule has 1 aliphatic carbocycles. The van der Waals surface area contributed by atoms with Gasteiger partial charge in [-0.15, -0.1) is 0 Å². The minimum absolute atomic E-state index is 0.169. The minimum atomic E-state index is -0.722. The van der Waals surface area contributed by atoms with Gasteiger partial charge >= 0.3 is 6.03 Å². The van der Waals surface area contributed by atoms with Crippen LogP contribution < -0.4 is 5.32 Å². The van der Waals surface area contributed by atoms with E-state index in [1.807, 2.05) is 13.8 Å². The molecule has 0 atom stereocenters. The Bertz CT molecular complexity index is 486. The molecule has 7 heteroatoms. The fraction of sp³-hybridized carbons (Fsp3) is 0.824. The maximum Gasteiger partial charge on any atom is 0.327 e. The van der Waals surface area contributed by atoms with Crippen LogP contribution in [0.3, 0.4) is 0 Å². The average Bonchev–Trinajstić information content (AvgIpc) is 2.71. The summed E-state index contributed by atoms with van der Waals surface area (Å²) in [5.41, 5.74) is -0.722. The van der Waals surface area contributed by atoms with E-state index in [2.05, 4.69) is 5.32 Å². The van der Waals surface area contributed by atoms with Crippen molar-refractivity contribution in [2.45, 2.75) is 64.0 Å². The zero-order valence-corrected chi connectivity index (χ0v) is 15.0. The van der Waals surface area contributed by atoms with Gasteiger partial charge in [-0.05, 0) is 33.1 Å². The van der Waals surface area contributed by atoms with Gasteiger partial charge in [0.1, 0.15) is 12.1 Å². The zero-order valence-electron chi connectivity index (χ0n) is 15.0. The standard InChI is InChI=1S/C17H29N3O4/c1-13(2)24-11-7-10-18-14(21)12-20-15(22)17(19(3)16(20)23)8-5-4-6-9-17/h13H,4-12H2,1-3H3,(H,18,21).